The zero-order valence-corrected chi connectivity index (χ0v) is 82.1. The lowest BCUT2D eigenvalue weighted by atomic mass is 9.49. The second-order valence-electron chi connectivity index (χ2n) is 37.9. The quantitative estimate of drug-likeness (QED) is 0.00678. The van der Waals surface area contributed by atoms with Crippen LogP contribution in [-0.4, -0.2) is 209 Å². The number of esters is 4. The summed E-state index contributed by atoms with van der Waals surface area (Å²) in [5.41, 5.74) is -0.885. The van der Waals surface area contributed by atoms with Crippen molar-refractivity contribution in [3.63, 3.8) is 0 Å². The van der Waals surface area contributed by atoms with Crippen molar-refractivity contribution in [1.29, 1.82) is 0 Å². The zero-order valence-electron chi connectivity index (χ0n) is 79.5. The number of benzene rings is 4. The van der Waals surface area contributed by atoms with Crippen molar-refractivity contribution in [2.45, 2.75) is 298 Å². The molecule has 11 fully saturated rings. The minimum atomic E-state index is -7.43. The first-order chi connectivity index (χ1) is 60.7. The van der Waals surface area contributed by atoms with Crippen molar-refractivity contribution < 1.29 is 138 Å². The summed E-state index contributed by atoms with van der Waals surface area (Å²) in [6.07, 6.45) is 7.95. The molecule has 22 nitrogen and oxygen atoms in total. The fourth-order valence-corrected chi connectivity index (χ4v) is 20.1. The van der Waals surface area contributed by atoms with Crippen molar-refractivity contribution in [2.75, 3.05) is 88.3 Å². The van der Waals surface area contributed by atoms with E-state index in [-0.39, 0.29) is 69.5 Å². The molecule has 4 aromatic carbocycles. The van der Waals surface area contributed by atoms with E-state index in [0.29, 0.717) is 89.1 Å². The topological polar surface area (TPSA) is 277 Å². The number of nitrogens with zero attached hydrogens (tertiary/aromatic N) is 1. The van der Waals surface area contributed by atoms with Crippen LogP contribution in [0, 0.1) is 63.6 Å². The second-order valence-corrected chi connectivity index (χ2v) is 42.7. The van der Waals surface area contributed by atoms with Gasteiger partial charge in [-0.25, -0.2) is 8.42 Å². The molecular weight excluding hydrogens is 1770 g/mol. The molecule has 4 aromatic rings. The van der Waals surface area contributed by atoms with Crippen LogP contribution in [0.25, 0.3) is 0 Å². The lowest BCUT2D eigenvalue weighted by Crippen LogP contribution is -2.63. The predicted molar refractivity (Wildman–Crippen MR) is 476 cm³/mol. The Balaban J connectivity index is 0.000000266. The van der Waals surface area contributed by atoms with Gasteiger partial charge >= 0.3 is 56.1 Å². The van der Waals surface area contributed by atoms with Gasteiger partial charge in [0.1, 0.15) is 37.7 Å². The average molecular weight is 1910 g/mol. The Kier molecular flexibility index (Phi) is 45.0. The van der Waals surface area contributed by atoms with Crippen molar-refractivity contribution >= 4 is 53.8 Å². The maximum absolute atomic E-state index is 12.6. The van der Waals surface area contributed by atoms with E-state index < -0.39 is 71.0 Å². The molecule has 0 radical (unpaired) electrons. The van der Waals surface area contributed by atoms with E-state index in [2.05, 4.69) is 173 Å². The smallest absolute Gasteiger partial charge is 0.498 e. The first-order valence-electron chi connectivity index (χ1n) is 45.0. The Bertz CT molecular complexity index is 3990. The molecule has 1 N–H and O–H groups in total. The van der Waals surface area contributed by atoms with E-state index in [1.165, 1.54) is 65.9 Å². The molecule has 3 aliphatic heterocycles. The number of halogens is 9. The third-order valence-corrected chi connectivity index (χ3v) is 29.0. The molecule has 7 atom stereocenters. The molecule has 3 heterocycles. The molecule has 0 aromatic heterocycles. The van der Waals surface area contributed by atoms with Gasteiger partial charge in [0, 0.05) is 53.9 Å². The van der Waals surface area contributed by atoms with Gasteiger partial charge in [0.15, 0.2) is 37.0 Å². The molecule has 8 aliphatic carbocycles. The van der Waals surface area contributed by atoms with Crippen LogP contribution in [0.3, 0.4) is 0 Å². The number of methoxy groups -OCH3 is 3. The van der Waals surface area contributed by atoms with E-state index in [0.717, 1.165) is 82.3 Å². The molecule has 0 amide bonds. The van der Waals surface area contributed by atoms with Crippen molar-refractivity contribution in [3.05, 3.63) is 127 Å². The van der Waals surface area contributed by atoms with Gasteiger partial charge in [-0.15, -0.1) is 0 Å². The molecule has 8 saturated carbocycles. The highest BCUT2D eigenvalue weighted by atomic mass is 32.2. The highest BCUT2D eigenvalue weighted by molar-refractivity contribution is 7.97. The van der Waals surface area contributed by atoms with Crippen molar-refractivity contribution in [1.82, 2.24) is 4.90 Å². The van der Waals surface area contributed by atoms with E-state index in [1.54, 1.807) is 27.9 Å². The van der Waals surface area contributed by atoms with Crippen LogP contribution in [0.15, 0.2) is 136 Å². The number of alkyl halides is 9. The third-order valence-electron chi connectivity index (χ3n) is 25.4. The number of hydrogen-bond acceptors (Lipinski definition) is 22. The van der Waals surface area contributed by atoms with Gasteiger partial charge in [-0.1, -0.05) is 147 Å². The Hall–Kier alpha value is -6.15. The van der Waals surface area contributed by atoms with Crippen LogP contribution >= 0.6 is 0 Å². The average Bonchev–Trinajstić information content (AvgIpc) is 0.898. The standard InChI is InChI=1S/C18H30O2.C18H15S.C16H26O3.C13H18O5.C12H27NO6.C9H12.C4HF9O3S.C4H10.C2H6O2Si/c1-5-17(3,4)16(19)20-18(6-2)14-8-12-7-13(10-14)11-15(18)9-12;1-4-10-16(11-5-1)19(17-12-6-2-7-13-17)18-14-8-3-9-15-18;1-4-14(2,3)13(17)19-16-8-11-5-12(9-16)7-15(18,6-11)10-16;1-4-13(2,3)12(15)18-9-7-5-6-8(16-7)10(9)17-11(6)14;1-14-10-17-7-4-13(5-8-18-11-15-2)6-9-19-12-16-3;1-8(2)9-6-4-3-5-7-9;5-1(6,3(9,10)11)2(7,8)4(12,13)17(14,15)16;1-4(2)3;1-4-5(2)3/h12-15H,5-11H2,1-4H3;1-15H;11-12,18H,4-10H2,1-3H3;6-10H,4-5H2,1-3H3;4-12H2,1-3H3;3-8H,1-2H3;(H,14,15,16);4H,1-3H3;1-2H3/q;+1;;;;;;;/p-1. The minimum Gasteiger partial charge on any atom is -0.743 e. The molecule has 738 valence electrons. The molecule has 11 aliphatic rings. The van der Waals surface area contributed by atoms with Crippen LogP contribution in [0.2, 0.25) is 6.55 Å². The van der Waals surface area contributed by atoms with Crippen molar-refractivity contribution in [2.24, 2.45) is 63.6 Å². The molecular formula is C96H144F9NO21S2Si. The lowest BCUT2D eigenvalue weighted by molar-refractivity contribution is -0.382. The Labute approximate surface area is 769 Å². The SMILES string of the molecule is CC(C)C.CC(C)c1ccccc1.CCC(C)(C)C(=O)OC1(CC)C2CC3CC(C2)CC1C3.CCC(C)(C)C(=O)OC12CC3CC(CC(O)(C3)C1)C2.CCC(C)(C)C(=O)OC1C2CC3C(=O)OC1C3O2.COCOCCN(CCOCOC)CCOCOC.CO[Si](C)=O.O=S(=O)([O-])C(F)(F)C(F)(F)C(F)(F)C(F)(F)F.c1ccc([S+](c2ccccc2)c2ccccc2)cc1. The van der Waals surface area contributed by atoms with E-state index in [1.807, 2.05) is 61.5 Å². The highest BCUT2D eigenvalue weighted by Crippen LogP contribution is 2.62. The summed E-state index contributed by atoms with van der Waals surface area (Å²) in [4.78, 5) is 54.9. The maximum Gasteiger partial charge on any atom is 0.498 e. The van der Waals surface area contributed by atoms with Gasteiger partial charge in [0.2, 0.25) is 0 Å². The fourth-order valence-electron chi connectivity index (χ4n) is 17.6. The Morgan fingerprint density at radius 1 is 0.554 bits per heavy atom. The normalized spacial score (nSPS) is 25.3. The first-order valence-corrected chi connectivity index (χ1v) is 49.5. The van der Waals surface area contributed by atoms with E-state index in [4.69, 9.17) is 52.1 Å². The highest BCUT2D eigenvalue weighted by Gasteiger charge is 2.84. The molecule has 0 spiro atoms. The summed E-state index contributed by atoms with van der Waals surface area (Å²) in [6.45, 7) is 37.6. The molecule has 7 unspecified atom stereocenters. The Morgan fingerprint density at radius 2 is 0.923 bits per heavy atom. The van der Waals surface area contributed by atoms with Crippen LogP contribution < -0.4 is 0 Å². The summed E-state index contributed by atoms with van der Waals surface area (Å²) in [6, 6.07) is 42.7. The van der Waals surface area contributed by atoms with E-state index in [9.17, 15) is 81.2 Å². The molecule has 34 heteroatoms. The van der Waals surface area contributed by atoms with Crippen LogP contribution in [0.4, 0.5) is 39.5 Å². The largest absolute Gasteiger partial charge is 0.743 e. The Morgan fingerprint density at radius 3 is 1.25 bits per heavy atom. The van der Waals surface area contributed by atoms with Crippen LogP contribution in [-0.2, 0) is 101 Å². The first kappa shape index (κ1) is 114. The molecule has 130 heavy (non-hydrogen) atoms. The summed E-state index contributed by atoms with van der Waals surface area (Å²) in [7, 11) is -2.81. The number of hydrogen-bond donors (Lipinski definition) is 1. The monoisotopic (exact) mass is 1910 g/mol. The minimum absolute atomic E-state index is 0.0146. The molecule has 15 rings (SSSR count). The zero-order chi connectivity index (χ0) is 97.7. The third kappa shape index (κ3) is 32.0. The fraction of sp³-hybridized carbons (Fsp3) is 0.708. The van der Waals surface area contributed by atoms with Gasteiger partial charge in [-0.3, -0.25) is 24.1 Å². The van der Waals surface area contributed by atoms with E-state index >= 15 is 0 Å². The van der Waals surface area contributed by atoms with Crippen LogP contribution in [0.1, 0.15) is 218 Å². The maximum atomic E-state index is 12.6. The van der Waals surface area contributed by atoms with Gasteiger partial charge in [-0.2, -0.15) is 39.5 Å². The number of aliphatic hydroxyl groups is 1. The number of rotatable bonds is 33. The van der Waals surface area contributed by atoms with Crippen molar-refractivity contribution in [3.8, 4) is 0 Å². The van der Waals surface area contributed by atoms with Crippen LogP contribution in [0.5, 0.6) is 0 Å². The summed E-state index contributed by atoms with van der Waals surface area (Å²) < 4.78 is 209. The van der Waals surface area contributed by atoms with Gasteiger partial charge in [-0.05, 0) is 227 Å². The van der Waals surface area contributed by atoms with Gasteiger partial charge < -0.3 is 70.7 Å². The molecule has 10 bridgehead atoms. The summed E-state index contributed by atoms with van der Waals surface area (Å²) in [5.74, 6) is -9.72. The van der Waals surface area contributed by atoms with Gasteiger partial charge in [0.05, 0.1) is 71.7 Å². The number of fused-ring (bicyclic) bond motifs is 1. The summed E-state index contributed by atoms with van der Waals surface area (Å²) in [5, 5.41) is 3.54. The number of carbonyl (C=O) groups excluding carboxylic acids is 4. The number of ether oxygens (including phenoxy) is 11. The van der Waals surface area contributed by atoms with Gasteiger partial charge in [0.25, 0.3) is 0 Å². The molecule has 3 saturated heterocycles. The lowest BCUT2D eigenvalue weighted by Gasteiger charge is -2.60. The summed E-state index contributed by atoms with van der Waals surface area (Å²) >= 11 is 0. The predicted octanol–water partition coefficient (Wildman–Crippen LogP) is 20.2. The number of carbonyl (C=O) groups is 4. The second kappa shape index (κ2) is 51.1.